The van der Waals surface area contributed by atoms with Crippen molar-refractivity contribution in [2.75, 3.05) is 7.11 Å². The summed E-state index contributed by atoms with van der Waals surface area (Å²) >= 11 is 0. The number of hydrogen-bond donors (Lipinski definition) is 2. The topological polar surface area (TPSA) is 83.8 Å². The number of allylic oxidation sites excluding steroid dienone is 1. The second-order valence-corrected chi connectivity index (χ2v) is 3.33. The van der Waals surface area contributed by atoms with E-state index in [1.54, 1.807) is 0 Å². The molecule has 0 radical (unpaired) electrons. The molecule has 0 aromatic heterocycles. The van der Waals surface area contributed by atoms with Gasteiger partial charge in [-0.3, -0.25) is 4.79 Å². The Morgan fingerprint density at radius 1 is 1.33 bits per heavy atom. The van der Waals surface area contributed by atoms with Gasteiger partial charge < -0.3 is 14.9 Å². The number of ether oxygens (including phenoxy) is 1. The second kappa shape index (κ2) is 6.24. The van der Waals surface area contributed by atoms with Crippen molar-refractivity contribution in [1.82, 2.24) is 0 Å². The number of carbonyl (C=O) groups is 2. The summed E-state index contributed by atoms with van der Waals surface area (Å²) in [4.78, 5) is 20.7. The van der Waals surface area contributed by atoms with Crippen molar-refractivity contribution in [3.63, 3.8) is 0 Å². The fourth-order valence-corrected chi connectivity index (χ4v) is 1.34. The van der Waals surface area contributed by atoms with Crippen LogP contribution in [0.1, 0.15) is 11.1 Å². The van der Waals surface area contributed by atoms with Crippen LogP contribution in [0.15, 0.2) is 24.3 Å². The number of carboxylic acid groups (broad SMARTS) is 1. The Labute approximate surface area is 104 Å². The summed E-state index contributed by atoms with van der Waals surface area (Å²) in [7, 11) is 1.38. The largest absolute Gasteiger partial charge is 0.504 e. The number of aliphatic carboxylic acids is 1. The molecule has 1 rings (SSSR count). The highest BCUT2D eigenvalue weighted by Crippen LogP contribution is 2.32. The first kappa shape index (κ1) is 13.5. The molecule has 0 aliphatic carbocycles. The van der Waals surface area contributed by atoms with Crippen LogP contribution in [0.2, 0.25) is 0 Å². The maximum atomic E-state index is 10.4. The zero-order chi connectivity index (χ0) is 13.5. The highest BCUT2D eigenvalue weighted by molar-refractivity contribution is 5.86. The minimum Gasteiger partial charge on any atom is -0.504 e. The number of aromatic hydroxyl groups is 1. The number of benzene rings is 1. The number of hydrogen-bond acceptors (Lipinski definition) is 4. The lowest BCUT2D eigenvalue weighted by Gasteiger charge is -2.07. The number of methoxy groups -OCH3 is 1. The molecule has 5 heteroatoms. The molecule has 5 nitrogen and oxygen atoms in total. The van der Waals surface area contributed by atoms with Gasteiger partial charge in [-0.25, -0.2) is 4.79 Å². The van der Waals surface area contributed by atoms with E-state index in [1.807, 2.05) is 0 Å². The Bertz CT molecular complexity index is 514. The highest BCUT2D eigenvalue weighted by Gasteiger charge is 2.07. The molecule has 0 aliphatic rings. The van der Waals surface area contributed by atoms with E-state index in [0.29, 0.717) is 17.4 Å². The van der Waals surface area contributed by atoms with Crippen molar-refractivity contribution in [2.45, 2.75) is 0 Å². The number of aldehydes is 1. The summed E-state index contributed by atoms with van der Waals surface area (Å²) in [6, 6.07) is 3.03. The maximum Gasteiger partial charge on any atom is 0.328 e. The first-order valence-corrected chi connectivity index (χ1v) is 5.02. The molecule has 0 heterocycles. The van der Waals surface area contributed by atoms with Gasteiger partial charge in [0.05, 0.1) is 7.11 Å². The van der Waals surface area contributed by atoms with Gasteiger partial charge in [0.1, 0.15) is 6.29 Å². The molecule has 1 aromatic carbocycles. The molecule has 0 unspecified atom stereocenters. The Hall–Kier alpha value is -2.56. The standard InChI is InChI=1S/C13H12O5/c1-18-11-8-9(4-5-12(15)16)7-10(13(11)17)3-2-6-14/h2-8,17H,1H3,(H,15,16). The van der Waals surface area contributed by atoms with Gasteiger partial charge in [-0.15, -0.1) is 0 Å². The summed E-state index contributed by atoms with van der Waals surface area (Å²) in [6.45, 7) is 0. The predicted octanol–water partition coefficient (Wildman–Crippen LogP) is 1.71. The van der Waals surface area contributed by atoms with Crippen LogP contribution in [-0.4, -0.2) is 29.6 Å². The molecule has 2 N–H and O–H groups in total. The fourth-order valence-electron chi connectivity index (χ4n) is 1.34. The third-order valence-corrected chi connectivity index (χ3v) is 2.12. The summed E-state index contributed by atoms with van der Waals surface area (Å²) in [6.07, 6.45) is 5.54. The van der Waals surface area contributed by atoms with E-state index in [1.165, 1.54) is 37.5 Å². The molecule has 0 spiro atoms. The molecule has 0 aliphatic heterocycles. The molecule has 0 amide bonds. The molecule has 0 bridgehead atoms. The smallest absolute Gasteiger partial charge is 0.328 e. The third-order valence-electron chi connectivity index (χ3n) is 2.12. The summed E-state index contributed by atoms with van der Waals surface area (Å²) in [5, 5.41) is 18.3. The minimum absolute atomic E-state index is 0.108. The summed E-state index contributed by atoms with van der Waals surface area (Å²) < 4.78 is 4.96. The van der Waals surface area contributed by atoms with Crippen LogP contribution in [0.4, 0.5) is 0 Å². The van der Waals surface area contributed by atoms with Crippen LogP contribution in [0, 0.1) is 0 Å². The van der Waals surface area contributed by atoms with Crippen LogP contribution in [0.3, 0.4) is 0 Å². The van der Waals surface area contributed by atoms with Gasteiger partial charge in [0.2, 0.25) is 0 Å². The number of phenolic OH excluding ortho intramolecular Hbond substituents is 1. The quantitative estimate of drug-likeness (QED) is 0.612. The van der Waals surface area contributed by atoms with E-state index >= 15 is 0 Å². The first-order valence-electron chi connectivity index (χ1n) is 5.02. The number of rotatable bonds is 5. The number of phenols is 1. The van der Waals surface area contributed by atoms with E-state index in [9.17, 15) is 14.7 Å². The molecular weight excluding hydrogens is 236 g/mol. The average molecular weight is 248 g/mol. The van der Waals surface area contributed by atoms with Gasteiger partial charge in [0, 0.05) is 11.6 Å². The predicted molar refractivity (Wildman–Crippen MR) is 66.4 cm³/mol. The van der Waals surface area contributed by atoms with Gasteiger partial charge in [0.15, 0.2) is 11.5 Å². The average Bonchev–Trinajstić information content (AvgIpc) is 2.35. The number of carbonyl (C=O) groups excluding carboxylic acids is 1. The minimum atomic E-state index is -1.08. The van der Waals surface area contributed by atoms with Gasteiger partial charge >= 0.3 is 5.97 Å². The van der Waals surface area contributed by atoms with Crippen molar-refractivity contribution in [2.24, 2.45) is 0 Å². The van der Waals surface area contributed by atoms with Crippen LogP contribution >= 0.6 is 0 Å². The molecule has 0 fully saturated rings. The molecule has 94 valence electrons. The van der Waals surface area contributed by atoms with Crippen LogP contribution in [-0.2, 0) is 9.59 Å². The van der Waals surface area contributed by atoms with E-state index in [4.69, 9.17) is 9.84 Å². The lowest BCUT2D eigenvalue weighted by Crippen LogP contribution is -1.89. The SMILES string of the molecule is COc1cc(C=CC(=O)O)cc(C=CC=O)c1O. The van der Waals surface area contributed by atoms with Crippen molar-refractivity contribution in [3.05, 3.63) is 35.4 Å². The Morgan fingerprint density at radius 2 is 2.06 bits per heavy atom. The molecule has 18 heavy (non-hydrogen) atoms. The van der Waals surface area contributed by atoms with E-state index in [0.717, 1.165) is 6.08 Å². The zero-order valence-electron chi connectivity index (χ0n) is 9.66. The van der Waals surface area contributed by atoms with E-state index < -0.39 is 5.97 Å². The summed E-state index contributed by atoms with van der Waals surface area (Å²) in [5.41, 5.74) is 0.907. The second-order valence-electron chi connectivity index (χ2n) is 3.33. The van der Waals surface area contributed by atoms with E-state index in [2.05, 4.69) is 0 Å². The van der Waals surface area contributed by atoms with Crippen LogP contribution in [0.5, 0.6) is 11.5 Å². The maximum absolute atomic E-state index is 10.4. The van der Waals surface area contributed by atoms with Gasteiger partial charge in [-0.1, -0.05) is 0 Å². The molecular formula is C13H12O5. The molecule has 1 aromatic rings. The molecule has 0 saturated heterocycles. The van der Waals surface area contributed by atoms with Gasteiger partial charge in [-0.2, -0.15) is 0 Å². The van der Waals surface area contributed by atoms with Crippen molar-refractivity contribution < 1.29 is 24.5 Å². The third kappa shape index (κ3) is 3.48. The molecule has 0 atom stereocenters. The van der Waals surface area contributed by atoms with Crippen molar-refractivity contribution in [1.29, 1.82) is 0 Å². The Balaban J connectivity index is 3.25. The number of carboxylic acids is 1. The lowest BCUT2D eigenvalue weighted by atomic mass is 10.1. The van der Waals surface area contributed by atoms with Gasteiger partial charge in [-0.05, 0) is 35.9 Å². The zero-order valence-corrected chi connectivity index (χ0v) is 9.66. The fraction of sp³-hybridized carbons (Fsp3) is 0.0769. The van der Waals surface area contributed by atoms with Crippen LogP contribution < -0.4 is 4.74 Å². The van der Waals surface area contributed by atoms with Crippen molar-refractivity contribution >= 4 is 24.4 Å². The van der Waals surface area contributed by atoms with Crippen LogP contribution in [0.25, 0.3) is 12.2 Å². The van der Waals surface area contributed by atoms with Crippen molar-refractivity contribution in [3.8, 4) is 11.5 Å². The Morgan fingerprint density at radius 3 is 2.61 bits per heavy atom. The monoisotopic (exact) mass is 248 g/mol. The summed E-state index contributed by atoms with van der Waals surface area (Å²) in [5.74, 6) is -0.983. The molecule has 0 saturated carbocycles. The van der Waals surface area contributed by atoms with E-state index in [-0.39, 0.29) is 11.5 Å². The first-order chi connectivity index (χ1) is 8.58. The highest BCUT2D eigenvalue weighted by atomic mass is 16.5. The normalized spacial score (nSPS) is 10.9. The lowest BCUT2D eigenvalue weighted by molar-refractivity contribution is -0.131. The Kier molecular flexibility index (Phi) is 4.68. The van der Waals surface area contributed by atoms with Gasteiger partial charge in [0.25, 0.3) is 0 Å².